The van der Waals surface area contributed by atoms with Crippen LogP contribution in [0.15, 0.2) is 16.6 Å². The molecule has 1 unspecified atom stereocenters. The summed E-state index contributed by atoms with van der Waals surface area (Å²) in [4.78, 5) is 11.8. The van der Waals surface area contributed by atoms with Gasteiger partial charge < -0.3 is 11.1 Å². The molecule has 1 aromatic carbocycles. The Labute approximate surface area is 125 Å². The predicted molar refractivity (Wildman–Crippen MR) is 80.2 cm³/mol. The molecule has 0 radical (unpaired) electrons. The molecule has 0 aliphatic heterocycles. The largest absolute Gasteiger partial charge is 0.323 e. The van der Waals surface area contributed by atoms with Crippen LogP contribution in [-0.4, -0.2) is 11.9 Å². The highest BCUT2D eigenvalue weighted by Gasteiger charge is 2.17. The summed E-state index contributed by atoms with van der Waals surface area (Å²) in [5.41, 5.74) is 6.25. The lowest BCUT2D eigenvalue weighted by atomic mass is 10.0. The lowest BCUT2D eigenvalue weighted by molar-refractivity contribution is -0.117. The second kappa shape index (κ2) is 6.75. The average Bonchev–Trinajstić information content (AvgIpc) is 2.29. The summed E-state index contributed by atoms with van der Waals surface area (Å²) in [5, 5.41) is 3.35. The van der Waals surface area contributed by atoms with Crippen LogP contribution in [0.1, 0.15) is 20.3 Å². The van der Waals surface area contributed by atoms with Gasteiger partial charge in [0.2, 0.25) is 5.91 Å². The van der Waals surface area contributed by atoms with Crippen LogP contribution in [0.2, 0.25) is 10.0 Å². The molecule has 1 aromatic rings. The molecule has 0 fully saturated rings. The fourth-order valence-electron chi connectivity index (χ4n) is 1.46. The monoisotopic (exact) mass is 352 g/mol. The van der Waals surface area contributed by atoms with Gasteiger partial charge in [0.25, 0.3) is 0 Å². The van der Waals surface area contributed by atoms with Gasteiger partial charge in [-0.1, -0.05) is 37.0 Å². The molecule has 0 heterocycles. The van der Waals surface area contributed by atoms with Gasteiger partial charge in [-0.2, -0.15) is 0 Å². The Kier molecular flexibility index (Phi) is 5.92. The smallest absolute Gasteiger partial charge is 0.241 e. The van der Waals surface area contributed by atoms with Gasteiger partial charge in [-0.3, -0.25) is 4.79 Å². The number of anilines is 1. The first-order valence-corrected chi connectivity index (χ1v) is 7.07. The van der Waals surface area contributed by atoms with Gasteiger partial charge in [-0.15, -0.1) is 0 Å². The van der Waals surface area contributed by atoms with Crippen LogP contribution in [0.4, 0.5) is 5.69 Å². The molecule has 0 bridgehead atoms. The third-order valence-corrected chi connectivity index (χ3v) is 4.13. The average molecular weight is 354 g/mol. The van der Waals surface area contributed by atoms with Crippen LogP contribution in [0.5, 0.6) is 0 Å². The van der Waals surface area contributed by atoms with Crippen molar-refractivity contribution in [1.82, 2.24) is 0 Å². The Balaban J connectivity index is 2.79. The van der Waals surface area contributed by atoms with Gasteiger partial charge in [0.1, 0.15) is 0 Å². The second-order valence-corrected chi connectivity index (χ2v) is 6.06. The van der Waals surface area contributed by atoms with Gasteiger partial charge >= 0.3 is 0 Å². The maximum absolute atomic E-state index is 11.8. The molecule has 18 heavy (non-hydrogen) atoms. The fourth-order valence-corrected chi connectivity index (χ4v) is 2.28. The van der Waals surface area contributed by atoms with E-state index in [0.29, 0.717) is 32.5 Å². The van der Waals surface area contributed by atoms with Crippen LogP contribution in [0, 0.1) is 5.92 Å². The van der Waals surface area contributed by atoms with E-state index >= 15 is 0 Å². The van der Waals surface area contributed by atoms with E-state index in [9.17, 15) is 4.79 Å². The van der Waals surface area contributed by atoms with E-state index in [2.05, 4.69) is 21.2 Å². The van der Waals surface area contributed by atoms with E-state index in [4.69, 9.17) is 28.9 Å². The third-order valence-electron chi connectivity index (χ3n) is 2.36. The summed E-state index contributed by atoms with van der Waals surface area (Å²) in [6.07, 6.45) is 0.619. The molecule has 1 atom stereocenters. The Morgan fingerprint density at radius 1 is 1.39 bits per heavy atom. The van der Waals surface area contributed by atoms with Crippen LogP contribution in [0.25, 0.3) is 0 Å². The predicted octanol–water partition coefficient (Wildman–Crippen LogP) is 4.07. The number of benzene rings is 1. The molecule has 3 N–H and O–H groups in total. The number of amides is 1. The molecular weight excluding hydrogens is 339 g/mol. The van der Waals surface area contributed by atoms with Crippen molar-refractivity contribution >= 4 is 50.7 Å². The van der Waals surface area contributed by atoms with E-state index < -0.39 is 6.04 Å². The SMILES string of the molecule is CC(C)CC(N)C(=O)Nc1ccc(Br)c(Cl)c1Cl. The van der Waals surface area contributed by atoms with Crippen molar-refractivity contribution in [1.29, 1.82) is 0 Å². The highest BCUT2D eigenvalue weighted by Crippen LogP contribution is 2.35. The molecule has 100 valence electrons. The maximum atomic E-state index is 11.8. The molecule has 0 spiro atoms. The third kappa shape index (κ3) is 4.12. The second-order valence-electron chi connectivity index (χ2n) is 4.45. The summed E-state index contributed by atoms with van der Waals surface area (Å²) >= 11 is 15.3. The minimum Gasteiger partial charge on any atom is -0.323 e. The number of carbonyl (C=O) groups excluding carboxylic acids is 1. The lowest BCUT2D eigenvalue weighted by Gasteiger charge is -2.15. The number of hydrogen-bond donors (Lipinski definition) is 2. The van der Waals surface area contributed by atoms with Crippen LogP contribution < -0.4 is 11.1 Å². The zero-order valence-electron chi connectivity index (χ0n) is 10.1. The molecule has 0 aromatic heterocycles. The number of nitrogens with two attached hydrogens (primary N) is 1. The Morgan fingerprint density at radius 3 is 2.56 bits per heavy atom. The van der Waals surface area contributed by atoms with Crippen molar-refractivity contribution in [3.8, 4) is 0 Å². The van der Waals surface area contributed by atoms with Gasteiger partial charge in [-0.05, 0) is 40.4 Å². The lowest BCUT2D eigenvalue weighted by Crippen LogP contribution is -2.36. The van der Waals surface area contributed by atoms with E-state index in [0.717, 1.165) is 0 Å². The van der Waals surface area contributed by atoms with E-state index in [1.54, 1.807) is 12.1 Å². The number of hydrogen-bond acceptors (Lipinski definition) is 2. The normalized spacial score (nSPS) is 12.6. The molecule has 1 amide bonds. The summed E-state index contributed by atoms with van der Waals surface area (Å²) in [6, 6.07) is 2.85. The van der Waals surface area contributed by atoms with E-state index in [-0.39, 0.29) is 5.91 Å². The van der Waals surface area contributed by atoms with Crippen molar-refractivity contribution in [2.24, 2.45) is 11.7 Å². The topological polar surface area (TPSA) is 55.1 Å². The van der Waals surface area contributed by atoms with Crippen molar-refractivity contribution in [2.75, 3.05) is 5.32 Å². The number of carbonyl (C=O) groups is 1. The summed E-state index contributed by atoms with van der Waals surface area (Å²) in [6.45, 7) is 4.02. The Hall–Kier alpha value is -0.290. The first kappa shape index (κ1) is 15.8. The van der Waals surface area contributed by atoms with E-state index in [1.165, 1.54) is 0 Å². The summed E-state index contributed by atoms with van der Waals surface area (Å²) in [5.74, 6) is 0.0960. The Morgan fingerprint density at radius 2 is 2.00 bits per heavy atom. The van der Waals surface area contributed by atoms with Crippen LogP contribution >= 0.6 is 39.1 Å². The van der Waals surface area contributed by atoms with Crippen molar-refractivity contribution in [3.05, 3.63) is 26.7 Å². The molecule has 3 nitrogen and oxygen atoms in total. The highest BCUT2D eigenvalue weighted by molar-refractivity contribution is 9.10. The molecule has 6 heteroatoms. The summed E-state index contributed by atoms with van der Waals surface area (Å²) in [7, 11) is 0. The van der Waals surface area contributed by atoms with Gasteiger partial charge in [0.05, 0.1) is 21.8 Å². The molecular formula is C12H15BrCl2N2O. The highest BCUT2D eigenvalue weighted by atomic mass is 79.9. The van der Waals surface area contributed by atoms with Crippen molar-refractivity contribution < 1.29 is 4.79 Å². The number of nitrogens with one attached hydrogen (secondary N) is 1. The quantitative estimate of drug-likeness (QED) is 0.801. The number of halogens is 3. The summed E-state index contributed by atoms with van der Waals surface area (Å²) < 4.78 is 0.679. The first-order valence-electron chi connectivity index (χ1n) is 5.52. The van der Waals surface area contributed by atoms with Crippen molar-refractivity contribution in [3.63, 3.8) is 0 Å². The van der Waals surface area contributed by atoms with Crippen LogP contribution in [0.3, 0.4) is 0 Å². The first-order chi connectivity index (χ1) is 8.32. The molecule has 0 aliphatic rings. The van der Waals surface area contributed by atoms with Crippen LogP contribution in [-0.2, 0) is 4.79 Å². The fraction of sp³-hybridized carbons (Fsp3) is 0.417. The molecule has 0 aliphatic carbocycles. The molecule has 0 saturated carbocycles. The molecule has 0 saturated heterocycles. The molecule has 1 rings (SSSR count). The van der Waals surface area contributed by atoms with Crippen molar-refractivity contribution in [2.45, 2.75) is 26.3 Å². The van der Waals surface area contributed by atoms with E-state index in [1.807, 2.05) is 13.8 Å². The zero-order chi connectivity index (χ0) is 13.9. The van der Waals surface area contributed by atoms with Gasteiger partial charge in [-0.25, -0.2) is 0 Å². The minimum atomic E-state index is -0.552. The minimum absolute atomic E-state index is 0.260. The van der Waals surface area contributed by atoms with Gasteiger partial charge in [0, 0.05) is 4.47 Å². The maximum Gasteiger partial charge on any atom is 0.241 e. The number of rotatable bonds is 4. The van der Waals surface area contributed by atoms with Gasteiger partial charge in [0.15, 0.2) is 0 Å². The Bertz CT molecular complexity index is 452. The zero-order valence-corrected chi connectivity index (χ0v) is 13.2. The standard InChI is InChI=1S/C12H15BrCl2N2O/c1-6(2)5-8(16)12(18)17-9-4-3-7(13)10(14)11(9)15/h3-4,6,8H,5,16H2,1-2H3,(H,17,18).